The lowest BCUT2D eigenvalue weighted by atomic mass is 10.2. The second-order valence-electron chi connectivity index (χ2n) is 4.19. The maximum atomic E-state index is 11.5. The Morgan fingerprint density at radius 1 is 1.39 bits per heavy atom. The van der Waals surface area contributed by atoms with Crippen molar-refractivity contribution in [2.75, 3.05) is 5.32 Å². The first-order chi connectivity index (χ1) is 8.72. The second kappa shape index (κ2) is 4.53. The first kappa shape index (κ1) is 11.4. The number of amides is 1. The van der Waals surface area contributed by atoms with Crippen LogP contribution in [0.1, 0.15) is 12.8 Å². The molecule has 0 radical (unpaired) electrons. The van der Waals surface area contributed by atoms with E-state index in [1.165, 1.54) is 0 Å². The molecule has 2 aromatic rings. The van der Waals surface area contributed by atoms with Gasteiger partial charge in [-0.25, -0.2) is 0 Å². The first-order valence-corrected chi connectivity index (χ1v) is 6.42. The SMILES string of the molecule is O=C(Nc1nnc(-c2cccc(Br)c2)o1)C1CC1. The summed E-state index contributed by atoms with van der Waals surface area (Å²) in [5, 5.41) is 10.3. The molecule has 1 aromatic carbocycles. The van der Waals surface area contributed by atoms with Crippen LogP contribution >= 0.6 is 15.9 Å². The zero-order chi connectivity index (χ0) is 12.5. The lowest BCUT2D eigenvalue weighted by Crippen LogP contribution is -2.13. The minimum Gasteiger partial charge on any atom is -0.403 e. The zero-order valence-electron chi connectivity index (χ0n) is 9.39. The summed E-state index contributed by atoms with van der Waals surface area (Å²) in [7, 11) is 0. The minimum absolute atomic E-state index is 0.0422. The number of anilines is 1. The van der Waals surface area contributed by atoms with E-state index < -0.39 is 0 Å². The molecule has 92 valence electrons. The van der Waals surface area contributed by atoms with Crippen molar-refractivity contribution in [1.82, 2.24) is 10.2 Å². The van der Waals surface area contributed by atoms with Crippen molar-refractivity contribution in [2.24, 2.45) is 5.92 Å². The number of carbonyl (C=O) groups excluding carboxylic acids is 1. The van der Waals surface area contributed by atoms with E-state index in [-0.39, 0.29) is 17.8 Å². The minimum atomic E-state index is -0.0422. The Labute approximate surface area is 112 Å². The predicted molar refractivity (Wildman–Crippen MR) is 68.8 cm³/mol. The van der Waals surface area contributed by atoms with E-state index in [1.54, 1.807) is 0 Å². The average Bonchev–Trinajstić information content (AvgIpc) is 3.10. The molecule has 0 aliphatic heterocycles. The third-order valence-corrected chi connectivity index (χ3v) is 3.17. The van der Waals surface area contributed by atoms with Crippen molar-refractivity contribution in [2.45, 2.75) is 12.8 Å². The molecule has 1 amide bonds. The van der Waals surface area contributed by atoms with Crippen LogP contribution in [0, 0.1) is 5.92 Å². The summed E-state index contributed by atoms with van der Waals surface area (Å²) in [5.41, 5.74) is 0.809. The summed E-state index contributed by atoms with van der Waals surface area (Å²) in [6, 6.07) is 7.69. The van der Waals surface area contributed by atoms with Crippen LogP contribution in [0.5, 0.6) is 0 Å². The number of nitrogens with zero attached hydrogens (tertiary/aromatic N) is 2. The predicted octanol–water partition coefficient (Wildman–Crippen LogP) is 2.85. The number of rotatable bonds is 3. The number of nitrogens with one attached hydrogen (secondary N) is 1. The van der Waals surface area contributed by atoms with E-state index in [0.717, 1.165) is 22.9 Å². The van der Waals surface area contributed by atoms with Gasteiger partial charge in [0.05, 0.1) is 0 Å². The molecule has 0 bridgehead atoms. The van der Waals surface area contributed by atoms with Crippen molar-refractivity contribution in [3.63, 3.8) is 0 Å². The maximum absolute atomic E-state index is 11.5. The van der Waals surface area contributed by atoms with E-state index in [2.05, 4.69) is 31.4 Å². The molecule has 1 aliphatic carbocycles. The number of carbonyl (C=O) groups is 1. The molecular formula is C12H10BrN3O2. The van der Waals surface area contributed by atoms with Gasteiger partial charge in [-0.3, -0.25) is 10.1 Å². The number of hydrogen-bond acceptors (Lipinski definition) is 4. The fourth-order valence-corrected chi connectivity index (χ4v) is 1.96. The monoisotopic (exact) mass is 307 g/mol. The van der Waals surface area contributed by atoms with E-state index >= 15 is 0 Å². The molecule has 1 heterocycles. The van der Waals surface area contributed by atoms with Crippen molar-refractivity contribution in [3.8, 4) is 11.5 Å². The zero-order valence-corrected chi connectivity index (χ0v) is 11.0. The molecule has 5 nitrogen and oxygen atoms in total. The van der Waals surface area contributed by atoms with Gasteiger partial charge < -0.3 is 4.42 Å². The van der Waals surface area contributed by atoms with Crippen molar-refractivity contribution in [3.05, 3.63) is 28.7 Å². The van der Waals surface area contributed by atoms with Gasteiger partial charge in [-0.1, -0.05) is 27.1 Å². The van der Waals surface area contributed by atoms with E-state index in [9.17, 15) is 4.79 Å². The summed E-state index contributed by atoms with van der Waals surface area (Å²) < 4.78 is 6.33. The molecule has 0 unspecified atom stereocenters. The first-order valence-electron chi connectivity index (χ1n) is 5.63. The molecule has 1 fully saturated rings. The molecule has 0 spiro atoms. The average molecular weight is 308 g/mol. The Balaban J connectivity index is 1.78. The fraction of sp³-hybridized carbons (Fsp3) is 0.250. The second-order valence-corrected chi connectivity index (χ2v) is 5.10. The summed E-state index contributed by atoms with van der Waals surface area (Å²) in [5.74, 6) is 0.466. The number of aromatic nitrogens is 2. The number of halogens is 1. The van der Waals surface area contributed by atoms with Crippen molar-refractivity contribution < 1.29 is 9.21 Å². The van der Waals surface area contributed by atoms with Crippen LogP contribution in [0.15, 0.2) is 33.2 Å². The van der Waals surface area contributed by atoms with Crippen molar-refractivity contribution in [1.29, 1.82) is 0 Å². The number of benzene rings is 1. The van der Waals surface area contributed by atoms with Crippen LogP contribution < -0.4 is 5.32 Å². The molecule has 1 aromatic heterocycles. The highest BCUT2D eigenvalue weighted by Crippen LogP contribution is 2.30. The van der Waals surface area contributed by atoms with Crippen LogP contribution in [-0.4, -0.2) is 16.1 Å². The van der Waals surface area contributed by atoms with E-state index in [0.29, 0.717) is 5.89 Å². The summed E-state index contributed by atoms with van der Waals surface area (Å²) in [4.78, 5) is 11.5. The lowest BCUT2D eigenvalue weighted by molar-refractivity contribution is -0.117. The highest BCUT2D eigenvalue weighted by molar-refractivity contribution is 9.10. The molecule has 0 atom stereocenters. The quantitative estimate of drug-likeness (QED) is 0.946. The van der Waals surface area contributed by atoms with Gasteiger partial charge in [-0.15, -0.1) is 5.10 Å². The Hall–Kier alpha value is -1.69. The van der Waals surface area contributed by atoms with Crippen LogP contribution in [-0.2, 0) is 4.79 Å². The standard InChI is InChI=1S/C12H10BrN3O2/c13-9-3-1-2-8(6-9)11-15-16-12(18-11)14-10(17)7-4-5-7/h1-3,6-7H,4-5H2,(H,14,16,17). The fourth-order valence-electron chi connectivity index (χ4n) is 1.56. The summed E-state index contributed by atoms with van der Waals surface area (Å²) in [6.07, 6.45) is 1.89. The maximum Gasteiger partial charge on any atom is 0.322 e. The van der Waals surface area contributed by atoms with Crippen LogP contribution in [0.2, 0.25) is 0 Å². The Bertz CT molecular complexity index is 593. The van der Waals surface area contributed by atoms with Gasteiger partial charge >= 0.3 is 6.01 Å². The summed E-state index contributed by atoms with van der Waals surface area (Å²) >= 11 is 3.37. The Morgan fingerprint density at radius 3 is 2.94 bits per heavy atom. The van der Waals surface area contributed by atoms with Gasteiger partial charge in [0.1, 0.15) is 0 Å². The third-order valence-electron chi connectivity index (χ3n) is 2.67. The Morgan fingerprint density at radius 2 is 2.22 bits per heavy atom. The van der Waals surface area contributed by atoms with Crippen LogP contribution in [0.4, 0.5) is 6.01 Å². The molecule has 1 N–H and O–H groups in total. The van der Waals surface area contributed by atoms with Crippen LogP contribution in [0.3, 0.4) is 0 Å². The van der Waals surface area contributed by atoms with Crippen LogP contribution in [0.25, 0.3) is 11.5 Å². The van der Waals surface area contributed by atoms with Gasteiger partial charge in [0.25, 0.3) is 0 Å². The largest absolute Gasteiger partial charge is 0.403 e. The molecular weight excluding hydrogens is 298 g/mol. The normalized spacial score (nSPS) is 14.5. The van der Waals surface area contributed by atoms with Gasteiger partial charge in [-0.05, 0) is 31.0 Å². The Kier molecular flexibility index (Phi) is 2.87. The number of hydrogen-bond donors (Lipinski definition) is 1. The third kappa shape index (κ3) is 2.43. The van der Waals surface area contributed by atoms with Gasteiger partial charge in [0.15, 0.2) is 0 Å². The van der Waals surface area contributed by atoms with Gasteiger partial charge in [0, 0.05) is 16.0 Å². The molecule has 1 saturated carbocycles. The molecule has 0 saturated heterocycles. The molecule has 3 rings (SSSR count). The molecule has 1 aliphatic rings. The van der Waals surface area contributed by atoms with Gasteiger partial charge in [0.2, 0.25) is 11.8 Å². The smallest absolute Gasteiger partial charge is 0.322 e. The van der Waals surface area contributed by atoms with E-state index in [1.807, 2.05) is 24.3 Å². The van der Waals surface area contributed by atoms with Crippen molar-refractivity contribution >= 4 is 27.9 Å². The summed E-state index contributed by atoms with van der Waals surface area (Å²) in [6.45, 7) is 0. The molecule has 6 heteroatoms. The lowest BCUT2D eigenvalue weighted by Gasteiger charge is -1.97. The highest BCUT2D eigenvalue weighted by Gasteiger charge is 2.30. The topological polar surface area (TPSA) is 68.0 Å². The highest BCUT2D eigenvalue weighted by atomic mass is 79.9. The molecule has 18 heavy (non-hydrogen) atoms. The van der Waals surface area contributed by atoms with Gasteiger partial charge in [-0.2, -0.15) is 0 Å². The van der Waals surface area contributed by atoms with E-state index in [4.69, 9.17) is 4.42 Å².